The van der Waals surface area contributed by atoms with E-state index in [1.807, 2.05) is 48.5 Å². The SMILES string of the molecule is O=C(NCCC(O)C(O)c1cc2ccccc2nc1Cl)OCC1c2ccccc2-c2ccccc21. The van der Waals surface area contributed by atoms with E-state index in [2.05, 4.69) is 34.6 Å². The number of rotatable bonds is 7. The van der Waals surface area contributed by atoms with Crippen LogP contribution in [-0.4, -0.2) is 40.5 Å². The third kappa shape index (κ3) is 4.73. The van der Waals surface area contributed by atoms with Crippen molar-refractivity contribution in [2.24, 2.45) is 0 Å². The number of carbonyl (C=O) groups excluding carboxylic acids is 1. The number of aliphatic hydroxyl groups excluding tert-OH is 2. The molecule has 5 rings (SSSR count). The van der Waals surface area contributed by atoms with Crippen molar-refractivity contribution in [3.8, 4) is 11.1 Å². The Bertz CT molecular complexity index is 1330. The van der Waals surface area contributed by atoms with Crippen molar-refractivity contribution < 1.29 is 19.7 Å². The number of para-hydroxylation sites is 1. The van der Waals surface area contributed by atoms with Gasteiger partial charge in [0, 0.05) is 23.4 Å². The predicted octanol–water partition coefficient (Wildman–Crippen LogP) is 5.21. The summed E-state index contributed by atoms with van der Waals surface area (Å²) in [5, 5.41) is 24.7. The number of hydrogen-bond donors (Lipinski definition) is 3. The number of pyridine rings is 1. The molecule has 178 valence electrons. The molecule has 2 atom stereocenters. The Morgan fingerprint density at radius 1 is 0.971 bits per heavy atom. The van der Waals surface area contributed by atoms with Gasteiger partial charge in [-0.15, -0.1) is 0 Å². The number of halogens is 1. The van der Waals surface area contributed by atoms with Crippen LogP contribution in [0.2, 0.25) is 5.15 Å². The second kappa shape index (κ2) is 10.0. The van der Waals surface area contributed by atoms with Crippen LogP contribution in [0.4, 0.5) is 4.79 Å². The van der Waals surface area contributed by atoms with Gasteiger partial charge in [-0.25, -0.2) is 9.78 Å². The van der Waals surface area contributed by atoms with E-state index < -0.39 is 18.3 Å². The summed E-state index contributed by atoms with van der Waals surface area (Å²) < 4.78 is 5.51. The lowest BCUT2D eigenvalue weighted by Crippen LogP contribution is -2.30. The molecule has 6 nitrogen and oxygen atoms in total. The number of fused-ring (bicyclic) bond motifs is 4. The molecule has 1 aliphatic carbocycles. The molecule has 0 saturated heterocycles. The van der Waals surface area contributed by atoms with E-state index in [4.69, 9.17) is 16.3 Å². The molecule has 2 unspecified atom stereocenters. The first-order valence-electron chi connectivity index (χ1n) is 11.5. The average Bonchev–Trinajstić information content (AvgIpc) is 3.20. The topological polar surface area (TPSA) is 91.7 Å². The monoisotopic (exact) mass is 488 g/mol. The molecule has 3 N–H and O–H groups in total. The quantitative estimate of drug-likeness (QED) is 0.310. The molecule has 0 fully saturated rings. The van der Waals surface area contributed by atoms with Crippen LogP contribution in [0.1, 0.15) is 35.1 Å². The Morgan fingerprint density at radius 3 is 2.31 bits per heavy atom. The van der Waals surface area contributed by atoms with Crippen LogP contribution < -0.4 is 5.32 Å². The van der Waals surface area contributed by atoms with Crippen molar-refractivity contribution in [3.63, 3.8) is 0 Å². The van der Waals surface area contributed by atoms with E-state index in [9.17, 15) is 15.0 Å². The second-order valence-electron chi connectivity index (χ2n) is 8.61. The fraction of sp³-hybridized carbons (Fsp3) is 0.214. The third-order valence-electron chi connectivity index (χ3n) is 6.44. The number of aromatic nitrogens is 1. The maximum atomic E-state index is 12.3. The van der Waals surface area contributed by atoms with Crippen molar-refractivity contribution >= 4 is 28.6 Å². The summed E-state index contributed by atoms with van der Waals surface area (Å²) in [7, 11) is 0. The molecular weight excluding hydrogens is 464 g/mol. The lowest BCUT2D eigenvalue weighted by molar-refractivity contribution is 0.0136. The normalized spacial score (nSPS) is 14.3. The zero-order valence-electron chi connectivity index (χ0n) is 18.9. The zero-order chi connectivity index (χ0) is 24.4. The maximum absolute atomic E-state index is 12.3. The van der Waals surface area contributed by atoms with Crippen molar-refractivity contribution in [2.75, 3.05) is 13.2 Å². The van der Waals surface area contributed by atoms with E-state index in [1.165, 1.54) is 0 Å². The van der Waals surface area contributed by atoms with Gasteiger partial charge in [-0.05, 0) is 40.8 Å². The molecule has 3 aromatic carbocycles. The summed E-state index contributed by atoms with van der Waals surface area (Å²) in [6, 6.07) is 25.4. The number of alkyl carbamates (subject to hydrolysis) is 1. The molecule has 0 bridgehead atoms. The summed E-state index contributed by atoms with van der Waals surface area (Å²) in [6.07, 6.45) is -2.82. The molecule has 7 heteroatoms. The van der Waals surface area contributed by atoms with Crippen LogP contribution in [-0.2, 0) is 4.74 Å². The Balaban J connectivity index is 1.15. The molecule has 1 amide bonds. The number of benzene rings is 3. The highest BCUT2D eigenvalue weighted by atomic mass is 35.5. The van der Waals surface area contributed by atoms with E-state index in [0.717, 1.165) is 27.6 Å². The molecule has 0 spiro atoms. The summed E-state index contributed by atoms with van der Waals surface area (Å²) in [4.78, 5) is 16.6. The first kappa shape index (κ1) is 23.3. The highest BCUT2D eigenvalue weighted by molar-refractivity contribution is 6.30. The van der Waals surface area contributed by atoms with Crippen LogP contribution in [0.5, 0.6) is 0 Å². The largest absolute Gasteiger partial charge is 0.449 e. The van der Waals surface area contributed by atoms with Crippen LogP contribution in [0.25, 0.3) is 22.0 Å². The summed E-state index contributed by atoms with van der Waals surface area (Å²) in [6.45, 7) is 0.344. The van der Waals surface area contributed by atoms with Gasteiger partial charge in [0.05, 0.1) is 11.6 Å². The number of amides is 1. The van der Waals surface area contributed by atoms with Gasteiger partial charge < -0.3 is 20.3 Å². The molecule has 1 aliphatic rings. The minimum Gasteiger partial charge on any atom is -0.449 e. The Kier molecular flexibility index (Phi) is 6.68. The minimum absolute atomic E-state index is 0.0249. The second-order valence-corrected chi connectivity index (χ2v) is 8.97. The third-order valence-corrected chi connectivity index (χ3v) is 6.74. The van der Waals surface area contributed by atoms with Gasteiger partial charge in [-0.2, -0.15) is 0 Å². The van der Waals surface area contributed by atoms with E-state index in [-0.39, 0.29) is 30.6 Å². The highest BCUT2D eigenvalue weighted by Gasteiger charge is 2.29. The predicted molar refractivity (Wildman–Crippen MR) is 135 cm³/mol. The maximum Gasteiger partial charge on any atom is 0.407 e. The van der Waals surface area contributed by atoms with Gasteiger partial charge in [0.25, 0.3) is 0 Å². The van der Waals surface area contributed by atoms with Crippen LogP contribution in [0.3, 0.4) is 0 Å². The van der Waals surface area contributed by atoms with Crippen molar-refractivity contribution in [2.45, 2.75) is 24.5 Å². The molecule has 1 aromatic heterocycles. The molecule has 0 aliphatic heterocycles. The molecule has 1 heterocycles. The zero-order valence-corrected chi connectivity index (χ0v) is 19.7. The number of hydrogen-bond acceptors (Lipinski definition) is 5. The summed E-state index contributed by atoms with van der Waals surface area (Å²) >= 11 is 6.23. The van der Waals surface area contributed by atoms with Gasteiger partial charge in [0.2, 0.25) is 0 Å². The number of nitrogens with zero attached hydrogens (tertiary/aromatic N) is 1. The number of aliphatic hydroxyl groups is 2. The van der Waals surface area contributed by atoms with Crippen LogP contribution in [0, 0.1) is 0 Å². The van der Waals surface area contributed by atoms with Crippen LogP contribution >= 0.6 is 11.6 Å². The first-order valence-corrected chi connectivity index (χ1v) is 11.9. The van der Waals surface area contributed by atoms with Gasteiger partial charge in [-0.3, -0.25) is 0 Å². The van der Waals surface area contributed by atoms with Crippen LogP contribution in [0.15, 0.2) is 78.9 Å². The summed E-state index contributed by atoms with van der Waals surface area (Å²) in [5.74, 6) is -0.0249. The molecule has 35 heavy (non-hydrogen) atoms. The van der Waals surface area contributed by atoms with E-state index in [1.54, 1.807) is 6.07 Å². The van der Waals surface area contributed by atoms with Gasteiger partial charge in [0.15, 0.2) is 0 Å². The smallest absolute Gasteiger partial charge is 0.407 e. The standard InChI is InChI=1S/C28H25ClN2O4/c29-27-22(15-17-7-1-6-12-24(17)31-27)26(33)25(32)13-14-30-28(34)35-16-23-20-10-4-2-8-18(20)19-9-3-5-11-21(19)23/h1-12,15,23,25-26,32-33H,13-14,16H2,(H,30,34). The lowest BCUT2D eigenvalue weighted by Gasteiger charge is -2.20. The Hall–Kier alpha value is -3.45. The molecule has 4 aromatic rings. The Morgan fingerprint density at radius 2 is 1.60 bits per heavy atom. The molecule has 0 saturated carbocycles. The fourth-order valence-corrected chi connectivity index (χ4v) is 4.91. The van der Waals surface area contributed by atoms with E-state index in [0.29, 0.717) is 11.1 Å². The van der Waals surface area contributed by atoms with Crippen molar-refractivity contribution in [3.05, 3.63) is 101 Å². The fourth-order valence-electron chi connectivity index (χ4n) is 4.65. The first-order chi connectivity index (χ1) is 17.0. The van der Waals surface area contributed by atoms with Gasteiger partial charge >= 0.3 is 6.09 Å². The van der Waals surface area contributed by atoms with Gasteiger partial charge in [0.1, 0.15) is 17.9 Å². The number of carbonyl (C=O) groups is 1. The van der Waals surface area contributed by atoms with Crippen molar-refractivity contribution in [1.29, 1.82) is 0 Å². The minimum atomic E-state index is -1.23. The average molecular weight is 489 g/mol. The lowest BCUT2D eigenvalue weighted by atomic mass is 9.98. The van der Waals surface area contributed by atoms with E-state index >= 15 is 0 Å². The number of ether oxygens (including phenoxy) is 1. The van der Waals surface area contributed by atoms with Crippen molar-refractivity contribution in [1.82, 2.24) is 10.3 Å². The summed E-state index contributed by atoms with van der Waals surface area (Å²) in [5.41, 5.74) is 5.66. The molecular formula is C28H25ClN2O4. The highest BCUT2D eigenvalue weighted by Crippen LogP contribution is 2.44. The molecule has 0 radical (unpaired) electrons. The number of nitrogens with one attached hydrogen (secondary N) is 1. The Labute approximate surface area is 208 Å². The van der Waals surface area contributed by atoms with Gasteiger partial charge in [-0.1, -0.05) is 78.3 Å².